The van der Waals surface area contributed by atoms with E-state index in [0.29, 0.717) is 17.7 Å². The Morgan fingerprint density at radius 3 is 2.19 bits per heavy atom. The third-order valence-corrected chi connectivity index (χ3v) is 7.01. The van der Waals surface area contributed by atoms with Crippen LogP contribution < -0.4 is 10.3 Å². The highest BCUT2D eigenvalue weighted by Crippen LogP contribution is 2.31. The van der Waals surface area contributed by atoms with Gasteiger partial charge in [-0.1, -0.05) is 19.1 Å². The lowest BCUT2D eigenvalue weighted by atomic mass is 10.1. The van der Waals surface area contributed by atoms with Crippen molar-refractivity contribution < 1.29 is 39.5 Å². The van der Waals surface area contributed by atoms with Crippen LogP contribution in [0.4, 0.5) is 26.3 Å². The average Bonchev–Trinajstić information content (AvgIpc) is 2.83. The summed E-state index contributed by atoms with van der Waals surface area (Å²) in [6.45, 7) is 1.36. The van der Waals surface area contributed by atoms with E-state index in [-0.39, 0.29) is 32.9 Å². The van der Waals surface area contributed by atoms with Gasteiger partial charge in [0.2, 0.25) is 0 Å². The number of ether oxygens (including phenoxy) is 1. The highest BCUT2D eigenvalue weighted by atomic mass is 32.2. The van der Waals surface area contributed by atoms with E-state index in [1.165, 1.54) is 31.3 Å². The van der Waals surface area contributed by atoms with Crippen LogP contribution in [0.1, 0.15) is 12.5 Å². The first kappa shape index (κ1) is 26.1. The molecule has 0 N–H and O–H groups in total. The van der Waals surface area contributed by atoms with Gasteiger partial charge in [-0.2, -0.15) is 13.2 Å². The lowest BCUT2D eigenvalue weighted by molar-refractivity contribution is -0.274. The lowest BCUT2D eigenvalue weighted by Crippen LogP contribution is -2.23. The Hall–Kier alpha value is -3.94. The van der Waals surface area contributed by atoms with Crippen molar-refractivity contribution in [1.82, 2.24) is 14.5 Å². The molecule has 0 atom stereocenters. The minimum atomic E-state index is -4.89. The van der Waals surface area contributed by atoms with Gasteiger partial charge in [0.05, 0.1) is 22.2 Å². The summed E-state index contributed by atoms with van der Waals surface area (Å²) in [5.74, 6) is -1.19. The summed E-state index contributed by atoms with van der Waals surface area (Å²) in [6.07, 6.45) is -7.46. The van der Waals surface area contributed by atoms with E-state index in [1.807, 2.05) is 0 Å². The molecular formula is C23H15F6N3O4S. The molecule has 0 spiro atoms. The van der Waals surface area contributed by atoms with Gasteiger partial charge in [0.15, 0.2) is 15.7 Å². The molecular weight excluding hydrogens is 528 g/mol. The average molecular weight is 543 g/mol. The molecule has 2 aromatic carbocycles. The Kier molecular flexibility index (Phi) is 6.48. The van der Waals surface area contributed by atoms with Gasteiger partial charge in [-0.25, -0.2) is 23.0 Å². The van der Waals surface area contributed by atoms with Crippen molar-refractivity contribution in [3.05, 3.63) is 77.0 Å². The summed E-state index contributed by atoms with van der Waals surface area (Å²) in [5, 5.41) is -0.193. The molecule has 0 bridgehead atoms. The summed E-state index contributed by atoms with van der Waals surface area (Å²) in [4.78, 5) is 20.7. The number of pyridine rings is 1. The Morgan fingerprint density at radius 1 is 0.919 bits per heavy atom. The van der Waals surface area contributed by atoms with Crippen LogP contribution in [0.15, 0.2) is 70.7 Å². The fourth-order valence-electron chi connectivity index (χ4n) is 3.46. The monoisotopic (exact) mass is 543 g/mol. The Morgan fingerprint density at radius 2 is 1.59 bits per heavy atom. The van der Waals surface area contributed by atoms with Gasteiger partial charge in [-0.05, 0) is 42.0 Å². The van der Waals surface area contributed by atoms with Crippen molar-refractivity contribution in [2.75, 3.05) is 5.75 Å². The van der Waals surface area contributed by atoms with Crippen molar-refractivity contribution in [2.24, 2.45) is 0 Å². The normalized spacial score (nSPS) is 12.6. The number of hydrogen-bond acceptors (Lipinski definition) is 6. The zero-order valence-electron chi connectivity index (χ0n) is 18.6. The van der Waals surface area contributed by atoms with Crippen LogP contribution >= 0.6 is 0 Å². The highest BCUT2D eigenvalue weighted by molar-refractivity contribution is 7.91. The van der Waals surface area contributed by atoms with Crippen molar-refractivity contribution in [1.29, 1.82) is 0 Å². The molecule has 0 saturated carbocycles. The zero-order chi connectivity index (χ0) is 27.2. The SMILES string of the molecule is CCS(=O)(=O)c1cc(-c2ccc(OC(F)(F)F)cc2)cnc1-n1cnc2cc(C(F)(F)F)ccc2c1=O. The first-order valence-corrected chi connectivity index (χ1v) is 12.0. The molecule has 0 amide bonds. The molecule has 0 unspecified atom stereocenters. The molecule has 14 heteroatoms. The second-order valence-electron chi connectivity index (χ2n) is 7.67. The molecule has 0 aliphatic rings. The van der Waals surface area contributed by atoms with E-state index >= 15 is 0 Å². The molecule has 0 fully saturated rings. The summed E-state index contributed by atoms with van der Waals surface area (Å²) in [6, 6.07) is 8.16. The third-order valence-electron chi connectivity index (χ3n) is 5.28. The number of hydrogen-bond donors (Lipinski definition) is 0. The minimum Gasteiger partial charge on any atom is -0.406 e. The molecule has 0 saturated heterocycles. The van der Waals surface area contributed by atoms with E-state index in [2.05, 4.69) is 14.7 Å². The second kappa shape index (κ2) is 9.18. The van der Waals surface area contributed by atoms with Crippen LogP contribution in [0, 0.1) is 0 Å². The molecule has 2 heterocycles. The molecule has 0 radical (unpaired) electrons. The number of benzene rings is 2. The lowest BCUT2D eigenvalue weighted by Gasteiger charge is -2.14. The fourth-order valence-corrected chi connectivity index (χ4v) is 4.50. The van der Waals surface area contributed by atoms with Crippen molar-refractivity contribution >= 4 is 20.7 Å². The number of aromatic nitrogens is 3. The van der Waals surface area contributed by atoms with E-state index in [1.54, 1.807) is 0 Å². The number of halogens is 6. The van der Waals surface area contributed by atoms with Crippen LogP contribution in [0.25, 0.3) is 27.8 Å². The molecule has 0 aliphatic heterocycles. The third kappa shape index (κ3) is 5.43. The smallest absolute Gasteiger partial charge is 0.406 e. The van der Waals surface area contributed by atoms with Gasteiger partial charge >= 0.3 is 12.5 Å². The van der Waals surface area contributed by atoms with Crippen molar-refractivity contribution in [2.45, 2.75) is 24.4 Å². The standard InChI is InChI=1S/C23H15F6N3O4S/c1-2-37(34,35)19-9-14(13-3-6-16(7-4-13)36-23(27,28)29)11-30-20(19)32-12-31-18-10-15(22(24,25)26)5-8-17(18)21(32)33/h3-12H,2H2,1H3. The van der Waals surface area contributed by atoms with Crippen LogP contribution in [-0.2, 0) is 16.0 Å². The topological polar surface area (TPSA) is 91.2 Å². The molecule has 4 aromatic rings. The van der Waals surface area contributed by atoms with Gasteiger partial charge in [-0.15, -0.1) is 13.2 Å². The maximum atomic E-state index is 13.1. The van der Waals surface area contributed by atoms with E-state index in [4.69, 9.17) is 0 Å². The van der Waals surface area contributed by atoms with Crippen molar-refractivity contribution in [3.8, 4) is 22.7 Å². The summed E-state index contributed by atoms with van der Waals surface area (Å²) in [7, 11) is -4.01. The summed E-state index contributed by atoms with van der Waals surface area (Å²) in [5.41, 5.74) is -1.57. The van der Waals surface area contributed by atoms with E-state index in [0.717, 1.165) is 29.1 Å². The first-order valence-electron chi connectivity index (χ1n) is 10.4. The van der Waals surface area contributed by atoms with Crippen LogP contribution in [0.2, 0.25) is 0 Å². The van der Waals surface area contributed by atoms with Crippen LogP contribution in [-0.4, -0.2) is 35.1 Å². The Labute approximate surface area is 204 Å². The van der Waals surface area contributed by atoms with Gasteiger partial charge in [-0.3, -0.25) is 4.79 Å². The maximum Gasteiger partial charge on any atom is 0.573 e. The summed E-state index contributed by atoms with van der Waals surface area (Å²) >= 11 is 0. The van der Waals surface area contributed by atoms with Gasteiger partial charge in [0.25, 0.3) is 5.56 Å². The van der Waals surface area contributed by atoms with Gasteiger partial charge in [0, 0.05) is 11.8 Å². The van der Waals surface area contributed by atoms with Crippen LogP contribution in [0.5, 0.6) is 5.75 Å². The zero-order valence-corrected chi connectivity index (χ0v) is 19.4. The predicted octanol–water partition coefficient (Wildman–Crippen LogP) is 5.16. The Balaban J connectivity index is 1.84. The van der Waals surface area contributed by atoms with Crippen molar-refractivity contribution in [3.63, 3.8) is 0 Å². The first-order chi connectivity index (χ1) is 17.2. The largest absolute Gasteiger partial charge is 0.573 e. The molecule has 4 rings (SSSR count). The number of rotatable bonds is 5. The highest BCUT2D eigenvalue weighted by Gasteiger charge is 2.32. The summed E-state index contributed by atoms with van der Waals surface area (Å²) < 4.78 is 107. The van der Waals surface area contributed by atoms with Gasteiger partial charge < -0.3 is 4.74 Å². The van der Waals surface area contributed by atoms with Crippen LogP contribution in [0.3, 0.4) is 0 Å². The molecule has 0 aliphatic carbocycles. The number of alkyl halides is 6. The second-order valence-corrected chi connectivity index (χ2v) is 9.92. The number of sulfone groups is 1. The fraction of sp³-hybridized carbons (Fsp3) is 0.174. The number of fused-ring (bicyclic) bond motifs is 1. The van der Waals surface area contributed by atoms with E-state index in [9.17, 15) is 39.6 Å². The van der Waals surface area contributed by atoms with E-state index < -0.39 is 39.2 Å². The maximum absolute atomic E-state index is 13.1. The Bertz CT molecular complexity index is 1650. The quantitative estimate of drug-likeness (QED) is 0.323. The molecule has 194 valence electrons. The predicted molar refractivity (Wildman–Crippen MR) is 120 cm³/mol. The molecule has 37 heavy (non-hydrogen) atoms. The minimum absolute atomic E-state index is 0.193. The number of nitrogens with zero attached hydrogens (tertiary/aromatic N) is 3. The molecule has 2 aromatic heterocycles. The van der Waals surface area contributed by atoms with Gasteiger partial charge in [0.1, 0.15) is 17.0 Å². The molecule has 7 nitrogen and oxygen atoms in total.